The van der Waals surface area contributed by atoms with Crippen molar-refractivity contribution in [2.45, 2.75) is 31.9 Å². The van der Waals surface area contributed by atoms with Crippen molar-refractivity contribution in [3.8, 4) is 0 Å². The lowest BCUT2D eigenvalue weighted by Crippen LogP contribution is -2.53. The SMILES string of the molecule is CC1CC(C(=O)N2CCS(=O)(=O)CC2CC(=O)O)CO1. The van der Waals surface area contributed by atoms with Gasteiger partial charge in [-0.2, -0.15) is 0 Å². The van der Waals surface area contributed by atoms with Crippen molar-refractivity contribution < 1.29 is 27.9 Å². The largest absolute Gasteiger partial charge is 0.481 e. The van der Waals surface area contributed by atoms with Gasteiger partial charge in [-0.3, -0.25) is 9.59 Å². The zero-order valence-corrected chi connectivity index (χ0v) is 12.1. The van der Waals surface area contributed by atoms with Gasteiger partial charge in [0.2, 0.25) is 5.91 Å². The van der Waals surface area contributed by atoms with E-state index in [4.69, 9.17) is 9.84 Å². The van der Waals surface area contributed by atoms with Crippen molar-refractivity contribution in [1.29, 1.82) is 0 Å². The maximum atomic E-state index is 12.4. The van der Waals surface area contributed by atoms with Crippen molar-refractivity contribution in [1.82, 2.24) is 4.90 Å². The van der Waals surface area contributed by atoms with Gasteiger partial charge in [0.15, 0.2) is 9.84 Å². The number of carbonyl (C=O) groups is 2. The minimum absolute atomic E-state index is 0.00963. The summed E-state index contributed by atoms with van der Waals surface area (Å²) >= 11 is 0. The molecule has 0 aliphatic carbocycles. The van der Waals surface area contributed by atoms with Crippen LogP contribution in [0.5, 0.6) is 0 Å². The zero-order chi connectivity index (χ0) is 14.9. The highest BCUT2D eigenvalue weighted by molar-refractivity contribution is 7.91. The first-order chi connectivity index (χ1) is 9.28. The molecular formula is C12H19NO6S. The van der Waals surface area contributed by atoms with Crippen molar-refractivity contribution >= 4 is 21.7 Å². The maximum absolute atomic E-state index is 12.4. The number of hydrogen-bond acceptors (Lipinski definition) is 5. The Hall–Kier alpha value is -1.15. The summed E-state index contributed by atoms with van der Waals surface area (Å²) in [5.41, 5.74) is 0. The van der Waals surface area contributed by atoms with Crippen LogP contribution in [0.1, 0.15) is 19.8 Å². The molecule has 0 radical (unpaired) electrons. The average molecular weight is 305 g/mol. The molecule has 8 heteroatoms. The molecule has 3 unspecified atom stereocenters. The highest BCUT2D eigenvalue weighted by Crippen LogP contribution is 2.25. The highest BCUT2D eigenvalue weighted by atomic mass is 32.2. The topological polar surface area (TPSA) is 101 Å². The quantitative estimate of drug-likeness (QED) is 0.755. The van der Waals surface area contributed by atoms with E-state index in [1.165, 1.54) is 4.90 Å². The van der Waals surface area contributed by atoms with Gasteiger partial charge in [-0.1, -0.05) is 0 Å². The minimum atomic E-state index is -3.27. The van der Waals surface area contributed by atoms with Crippen LogP contribution in [0.4, 0.5) is 0 Å². The lowest BCUT2D eigenvalue weighted by molar-refractivity contribution is -0.142. The predicted octanol–water partition coefficient (Wildman–Crippen LogP) is -0.488. The summed E-state index contributed by atoms with van der Waals surface area (Å²) in [6.45, 7) is 2.27. The number of hydrogen-bond donors (Lipinski definition) is 1. The molecule has 0 aromatic rings. The summed E-state index contributed by atoms with van der Waals surface area (Å²) in [7, 11) is -3.27. The molecule has 2 heterocycles. The Morgan fingerprint density at radius 2 is 2.10 bits per heavy atom. The molecule has 114 valence electrons. The number of sulfone groups is 1. The molecule has 2 aliphatic heterocycles. The average Bonchev–Trinajstić information content (AvgIpc) is 2.73. The maximum Gasteiger partial charge on any atom is 0.305 e. The van der Waals surface area contributed by atoms with Gasteiger partial charge in [0, 0.05) is 6.54 Å². The predicted molar refractivity (Wildman–Crippen MR) is 69.9 cm³/mol. The second-order valence-corrected chi connectivity index (χ2v) is 7.70. The summed E-state index contributed by atoms with van der Waals surface area (Å²) in [5.74, 6) is -1.94. The van der Waals surface area contributed by atoms with E-state index in [-0.39, 0.29) is 42.4 Å². The molecule has 2 saturated heterocycles. The summed E-state index contributed by atoms with van der Waals surface area (Å²) < 4.78 is 28.6. The highest BCUT2D eigenvalue weighted by Gasteiger charge is 2.39. The van der Waals surface area contributed by atoms with E-state index in [9.17, 15) is 18.0 Å². The Morgan fingerprint density at radius 1 is 1.40 bits per heavy atom. The summed E-state index contributed by atoms with van der Waals surface area (Å²) in [6.07, 6.45) is 0.270. The molecule has 0 saturated carbocycles. The first-order valence-corrected chi connectivity index (χ1v) is 8.45. The number of rotatable bonds is 3. The van der Waals surface area contributed by atoms with Crippen LogP contribution in [0.3, 0.4) is 0 Å². The van der Waals surface area contributed by atoms with Gasteiger partial charge in [0.25, 0.3) is 0 Å². The number of amides is 1. The molecule has 2 rings (SSSR count). The molecule has 2 fully saturated rings. The van der Waals surface area contributed by atoms with Crippen molar-refractivity contribution in [2.24, 2.45) is 5.92 Å². The van der Waals surface area contributed by atoms with E-state index < -0.39 is 21.8 Å². The van der Waals surface area contributed by atoms with Crippen LogP contribution in [0.25, 0.3) is 0 Å². The number of ether oxygens (including phenoxy) is 1. The van der Waals surface area contributed by atoms with Crippen LogP contribution in [-0.4, -0.2) is 67.1 Å². The van der Waals surface area contributed by atoms with E-state index in [0.717, 1.165) is 0 Å². The zero-order valence-electron chi connectivity index (χ0n) is 11.3. The third-order valence-corrected chi connectivity index (χ3v) is 5.47. The molecule has 0 aromatic heterocycles. The molecule has 2 aliphatic rings. The lowest BCUT2D eigenvalue weighted by Gasteiger charge is -2.36. The summed E-state index contributed by atoms with van der Waals surface area (Å²) in [6, 6.07) is -0.769. The van der Waals surface area contributed by atoms with Crippen molar-refractivity contribution in [3.05, 3.63) is 0 Å². The van der Waals surface area contributed by atoms with E-state index in [2.05, 4.69) is 0 Å². The molecule has 0 bridgehead atoms. The van der Waals surface area contributed by atoms with Crippen LogP contribution in [-0.2, 0) is 24.2 Å². The van der Waals surface area contributed by atoms with Crippen LogP contribution in [0.2, 0.25) is 0 Å². The monoisotopic (exact) mass is 305 g/mol. The molecule has 7 nitrogen and oxygen atoms in total. The van der Waals surface area contributed by atoms with E-state index in [1.807, 2.05) is 6.92 Å². The fourth-order valence-electron chi connectivity index (χ4n) is 2.77. The Labute approximate surface area is 117 Å². The second kappa shape index (κ2) is 5.69. The van der Waals surface area contributed by atoms with E-state index in [1.54, 1.807) is 0 Å². The molecule has 0 spiro atoms. The van der Waals surface area contributed by atoms with Crippen LogP contribution >= 0.6 is 0 Å². The lowest BCUT2D eigenvalue weighted by atomic mass is 10.0. The van der Waals surface area contributed by atoms with E-state index in [0.29, 0.717) is 13.0 Å². The number of carbonyl (C=O) groups excluding carboxylic acids is 1. The van der Waals surface area contributed by atoms with Gasteiger partial charge in [-0.05, 0) is 13.3 Å². The van der Waals surface area contributed by atoms with Crippen molar-refractivity contribution in [3.63, 3.8) is 0 Å². The van der Waals surface area contributed by atoms with E-state index >= 15 is 0 Å². The van der Waals surface area contributed by atoms with Gasteiger partial charge in [-0.25, -0.2) is 8.42 Å². The number of carboxylic acid groups (broad SMARTS) is 1. The van der Waals surface area contributed by atoms with Crippen molar-refractivity contribution in [2.75, 3.05) is 24.7 Å². The summed E-state index contributed by atoms with van der Waals surface area (Å²) in [5, 5.41) is 8.89. The molecular weight excluding hydrogens is 286 g/mol. The normalized spacial score (nSPS) is 33.0. The molecule has 1 N–H and O–H groups in total. The Morgan fingerprint density at radius 3 is 2.65 bits per heavy atom. The van der Waals surface area contributed by atoms with Gasteiger partial charge in [-0.15, -0.1) is 0 Å². The number of aliphatic carboxylic acids is 1. The van der Waals surface area contributed by atoms with Gasteiger partial charge >= 0.3 is 5.97 Å². The second-order valence-electron chi connectivity index (χ2n) is 5.47. The standard InChI is InChI=1S/C12H19NO6S/c1-8-4-9(6-19-8)12(16)13-2-3-20(17,18)7-10(13)5-11(14)15/h8-10H,2-7H2,1H3,(H,14,15). The van der Waals surface area contributed by atoms with Gasteiger partial charge in [0.1, 0.15) is 0 Å². The first kappa shape index (κ1) is 15.2. The number of carboxylic acids is 1. The van der Waals surface area contributed by atoms with Crippen LogP contribution in [0.15, 0.2) is 0 Å². The third-order valence-electron chi connectivity index (χ3n) is 3.77. The first-order valence-electron chi connectivity index (χ1n) is 6.63. The van der Waals surface area contributed by atoms with Gasteiger partial charge < -0.3 is 14.7 Å². The smallest absolute Gasteiger partial charge is 0.305 e. The molecule has 1 amide bonds. The Balaban J connectivity index is 2.11. The molecule has 20 heavy (non-hydrogen) atoms. The molecule has 0 aromatic carbocycles. The van der Waals surface area contributed by atoms with Crippen LogP contribution in [0, 0.1) is 5.92 Å². The third kappa shape index (κ3) is 3.49. The van der Waals surface area contributed by atoms with Gasteiger partial charge in [0.05, 0.1) is 42.6 Å². The fraction of sp³-hybridized carbons (Fsp3) is 0.833. The summed E-state index contributed by atoms with van der Waals surface area (Å²) in [4.78, 5) is 24.7. The Bertz CT molecular complexity index is 502. The Kier molecular flexibility index (Phi) is 4.33. The van der Waals surface area contributed by atoms with Crippen LogP contribution < -0.4 is 0 Å². The molecule has 3 atom stereocenters. The number of nitrogens with zero attached hydrogens (tertiary/aromatic N) is 1. The fourth-order valence-corrected chi connectivity index (χ4v) is 4.30. The minimum Gasteiger partial charge on any atom is -0.481 e.